The molecule has 0 saturated carbocycles. The monoisotopic (exact) mass is 241 g/mol. The van der Waals surface area contributed by atoms with Gasteiger partial charge >= 0.3 is 5.97 Å². The summed E-state index contributed by atoms with van der Waals surface area (Å²) in [7, 11) is 1.33. The average molecular weight is 241 g/mol. The number of nitrogens with one attached hydrogen (secondary N) is 1. The molecule has 5 heteroatoms. The van der Waals surface area contributed by atoms with Crippen LogP contribution in [-0.4, -0.2) is 25.5 Å². The summed E-state index contributed by atoms with van der Waals surface area (Å²) < 4.78 is 4.46. The normalized spacial score (nSPS) is 9.81. The van der Waals surface area contributed by atoms with E-state index in [2.05, 4.69) is 10.1 Å². The molecule has 1 rings (SSSR count). The van der Waals surface area contributed by atoms with Crippen LogP contribution in [0, 0.1) is 0 Å². The molecule has 0 bridgehead atoms. The Morgan fingerprint density at radius 3 is 2.88 bits per heavy atom. The first-order valence-corrected chi connectivity index (χ1v) is 5.96. The Morgan fingerprint density at radius 1 is 1.44 bits per heavy atom. The Labute approximate surface area is 98.6 Å². The van der Waals surface area contributed by atoms with E-state index in [4.69, 9.17) is 0 Å². The van der Waals surface area contributed by atoms with Gasteiger partial charge in [-0.1, -0.05) is 6.07 Å². The molecule has 1 aromatic heterocycles. The van der Waals surface area contributed by atoms with Crippen LogP contribution in [0.3, 0.4) is 0 Å². The lowest BCUT2D eigenvalue weighted by Gasteiger charge is -2.03. The number of esters is 1. The second-order valence-corrected chi connectivity index (χ2v) is 4.29. The van der Waals surface area contributed by atoms with Gasteiger partial charge < -0.3 is 10.1 Å². The molecule has 0 unspecified atom stereocenters. The molecule has 88 valence electrons. The van der Waals surface area contributed by atoms with Gasteiger partial charge in [-0.15, -0.1) is 11.3 Å². The Kier molecular flexibility index (Phi) is 5.56. The van der Waals surface area contributed by atoms with E-state index in [1.165, 1.54) is 12.0 Å². The van der Waals surface area contributed by atoms with Crippen molar-refractivity contribution in [2.75, 3.05) is 13.7 Å². The number of carbonyl (C=O) groups is 2. The second-order valence-electron chi connectivity index (χ2n) is 3.26. The number of aryl methyl sites for hydroxylation is 1. The van der Waals surface area contributed by atoms with Crippen LogP contribution in [0.2, 0.25) is 0 Å². The molecule has 0 saturated heterocycles. The first kappa shape index (κ1) is 12.7. The van der Waals surface area contributed by atoms with Crippen LogP contribution in [-0.2, 0) is 20.7 Å². The molecule has 0 atom stereocenters. The fraction of sp³-hybridized carbons (Fsp3) is 0.455. The molecule has 16 heavy (non-hydrogen) atoms. The summed E-state index contributed by atoms with van der Waals surface area (Å²) in [4.78, 5) is 23.3. The minimum Gasteiger partial charge on any atom is -0.469 e. The molecular weight excluding hydrogens is 226 g/mol. The van der Waals surface area contributed by atoms with Crippen molar-refractivity contribution in [2.24, 2.45) is 0 Å². The van der Waals surface area contributed by atoms with Gasteiger partial charge in [0.05, 0.1) is 13.5 Å². The fourth-order valence-corrected chi connectivity index (χ4v) is 1.89. The fourth-order valence-electron chi connectivity index (χ4n) is 1.19. The largest absolute Gasteiger partial charge is 0.469 e. The van der Waals surface area contributed by atoms with E-state index >= 15 is 0 Å². The number of ether oxygens (including phenoxy) is 1. The zero-order valence-corrected chi connectivity index (χ0v) is 10.0. The molecule has 0 aliphatic carbocycles. The third kappa shape index (κ3) is 4.93. The van der Waals surface area contributed by atoms with E-state index in [0.717, 1.165) is 6.42 Å². The minimum absolute atomic E-state index is 0.0303. The van der Waals surface area contributed by atoms with Gasteiger partial charge in [0.2, 0.25) is 5.91 Å². The lowest BCUT2D eigenvalue weighted by molar-refractivity contribution is -0.140. The number of thiophene rings is 1. The highest BCUT2D eigenvalue weighted by atomic mass is 32.1. The predicted octanol–water partition coefficient (Wildman–Crippen LogP) is 1.36. The lowest BCUT2D eigenvalue weighted by atomic mass is 10.2. The van der Waals surface area contributed by atoms with Crippen LogP contribution >= 0.6 is 11.3 Å². The molecule has 1 aromatic rings. The van der Waals surface area contributed by atoms with Crippen LogP contribution < -0.4 is 5.32 Å². The zero-order valence-electron chi connectivity index (χ0n) is 9.19. The van der Waals surface area contributed by atoms with Gasteiger partial charge in [0.25, 0.3) is 0 Å². The highest BCUT2D eigenvalue weighted by Gasteiger charge is 2.04. The number of amides is 1. The van der Waals surface area contributed by atoms with Gasteiger partial charge in [-0.2, -0.15) is 0 Å². The van der Waals surface area contributed by atoms with Crippen LogP contribution in [0.4, 0.5) is 0 Å². The third-order valence-corrected chi connectivity index (χ3v) is 2.99. The molecule has 4 nitrogen and oxygen atoms in total. The van der Waals surface area contributed by atoms with Gasteiger partial charge in [-0.3, -0.25) is 9.59 Å². The molecule has 0 aliphatic heterocycles. The van der Waals surface area contributed by atoms with E-state index in [1.54, 1.807) is 11.3 Å². The van der Waals surface area contributed by atoms with Crippen LogP contribution in [0.15, 0.2) is 17.5 Å². The summed E-state index contributed by atoms with van der Waals surface area (Å²) in [6, 6.07) is 3.97. The van der Waals surface area contributed by atoms with Crippen molar-refractivity contribution >= 4 is 23.2 Å². The van der Waals surface area contributed by atoms with Crippen molar-refractivity contribution in [2.45, 2.75) is 19.3 Å². The first-order chi connectivity index (χ1) is 7.72. The maximum atomic E-state index is 11.3. The Bertz CT molecular complexity index is 335. The Balaban J connectivity index is 2.09. The number of methoxy groups -OCH3 is 1. The van der Waals surface area contributed by atoms with Gasteiger partial charge in [0, 0.05) is 17.8 Å². The van der Waals surface area contributed by atoms with Gasteiger partial charge in [-0.25, -0.2) is 0 Å². The molecule has 1 heterocycles. The Hall–Kier alpha value is -1.36. The number of hydrogen-bond donors (Lipinski definition) is 1. The molecule has 0 aliphatic rings. The van der Waals surface area contributed by atoms with E-state index in [0.29, 0.717) is 13.0 Å². The summed E-state index contributed by atoms with van der Waals surface area (Å²) in [5.74, 6) is -0.337. The summed E-state index contributed by atoms with van der Waals surface area (Å²) in [5, 5.41) is 4.67. The van der Waals surface area contributed by atoms with Crippen molar-refractivity contribution in [3.05, 3.63) is 22.4 Å². The molecule has 0 spiro atoms. The SMILES string of the molecule is COC(=O)CCNC(=O)CCc1cccs1. The molecule has 1 amide bonds. The van der Waals surface area contributed by atoms with E-state index in [9.17, 15) is 9.59 Å². The third-order valence-electron chi connectivity index (χ3n) is 2.06. The van der Waals surface area contributed by atoms with Crippen molar-refractivity contribution < 1.29 is 14.3 Å². The predicted molar refractivity (Wildman–Crippen MR) is 62.3 cm³/mol. The molecule has 0 radical (unpaired) electrons. The van der Waals surface area contributed by atoms with Crippen molar-refractivity contribution in [3.8, 4) is 0 Å². The van der Waals surface area contributed by atoms with Crippen molar-refractivity contribution in [3.63, 3.8) is 0 Å². The average Bonchev–Trinajstić information content (AvgIpc) is 2.79. The van der Waals surface area contributed by atoms with Gasteiger partial charge in [-0.05, 0) is 17.9 Å². The van der Waals surface area contributed by atoms with E-state index in [-0.39, 0.29) is 18.3 Å². The number of carbonyl (C=O) groups excluding carboxylic acids is 2. The van der Waals surface area contributed by atoms with Crippen LogP contribution in [0.25, 0.3) is 0 Å². The molecule has 0 aromatic carbocycles. The maximum Gasteiger partial charge on any atom is 0.307 e. The number of hydrogen-bond acceptors (Lipinski definition) is 4. The molecule has 1 N–H and O–H groups in total. The van der Waals surface area contributed by atoms with Crippen LogP contribution in [0.1, 0.15) is 17.7 Å². The Morgan fingerprint density at radius 2 is 2.25 bits per heavy atom. The summed E-state index contributed by atoms with van der Waals surface area (Å²) >= 11 is 1.64. The second kappa shape index (κ2) is 7.00. The quantitative estimate of drug-likeness (QED) is 0.765. The van der Waals surface area contributed by atoms with Crippen LogP contribution in [0.5, 0.6) is 0 Å². The smallest absolute Gasteiger partial charge is 0.307 e. The zero-order chi connectivity index (χ0) is 11.8. The summed E-state index contributed by atoms with van der Waals surface area (Å²) in [5.41, 5.74) is 0. The lowest BCUT2D eigenvalue weighted by Crippen LogP contribution is -2.26. The van der Waals surface area contributed by atoms with Gasteiger partial charge in [0.1, 0.15) is 0 Å². The highest BCUT2D eigenvalue weighted by molar-refractivity contribution is 7.09. The maximum absolute atomic E-state index is 11.3. The van der Waals surface area contributed by atoms with Crippen molar-refractivity contribution in [1.29, 1.82) is 0 Å². The molecular formula is C11H15NO3S. The number of rotatable bonds is 6. The summed E-state index contributed by atoms with van der Waals surface area (Å²) in [6.45, 7) is 0.343. The topological polar surface area (TPSA) is 55.4 Å². The highest BCUT2D eigenvalue weighted by Crippen LogP contribution is 2.10. The van der Waals surface area contributed by atoms with E-state index < -0.39 is 0 Å². The van der Waals surface area contributed by atoms with E-state index in [1.807, 2.05) is 17.5 Å². The van der Waals surface area contributed by atoms with Gasteiger partial charge in [0.15, 0.2) is 0 Å². The standard InChI is InChI=1S/C11H15NO3S/c1-15-11(14)6-7-12-10(13)5-4-9-3-2-8-16-9/h2-3,8H,4-7H2,1H3,(H,12,13). The molecule has 0 fully saturated rings. The minimum atomic E-state index is -0.307. The van der Waals surface area contributed by atoms with Crippen molar-refractivity contribution in [1.82, 2.24) is 5.32 Å². The summed E-state index contributed by atoms with van der Waals surface area (Å²) in [6.07, 6.45) is 1.44. The first-order valence-electron chi connectivity index (χ1n) is 5.08.